The van der Waals surface area contributed by atoms with Crippen LogP contribution < -0.4 is 15.4 Å². The topological polar surface area (TPSA) is 108 Å². The molecule has 1 saturated heterocycles. The fourth-order valence-corrected chi connectivity index (χ4v) is 4.83. The number of anilines is 1. The summed E-state index contributed by atoms with van der Waals surface area (Å²) in [6.45, 7) is 4.08. The maximum Gasteiger partial charge on any atom is 0.251 e. The molecule has 172 valence electrons. The van der Waals surface area contributed by atoms with E-state index in [0.29, 0.717) is 49.8 Å². The van der Waals surface area contributed by atoms with Gasteiger partial charge in [0.05, 0.1) is 18.0 Å². The van der Waals surface area contributed by atoms with Gasteiger partial charge in [-0.25, -0.2) is 8.42 Å². The SMILES string of the molecule is CCOc1ccc(S(=O)(=O)N2CCN(CC(=O)Nc3ccc(C(=O)NC)cc3)CC2)cc1. The van der Waals surface area contributed by atoms with E-state index < -0.39 is 10.0 Å². The lowest BCUT2D eigenvalue weighted by atomic mass is 10.2. The highest BCUT2D eigenvalue weighted by Gasteiger charge is 2.29. The molecule has 1 heterocycles. The third-order valence-electron chi connectivity index (χ3n) is 5.13. The average Bonchev–Trinajstić information content (AvgIpc) is 2.80. The first kappa shape index (κ1) is 23.7. The molecule has 2 N–H and O–H groups in total. The summed E-state index contributed by atoms with van der Waals surface area (Å²) in [5.41, 5.74) is 1.11. The van der Waals surface area contributed by atoms with Gasteiger partial charge in [-0.05, 0) is 55.5 Å². The Morgan fingerprint density at radius 3 is 2.16 bits per heavy atom. The molecule has 0 aromatic heterocycles. The molecule has 2 aromatic carbocycles. The molecule has 0 atom stereocenters. The minimum Gasteiger partial charge on any atom is -0.494 e. The van der Waals surface area contributed by atoms with E-state index in [4.69, 9.17) is 4.74 Å². The third-order valence-corrected chi connectivity index (χ3v) is 7.04. The predicted octanol–water partition coefficient (Wildman–Crippen LogP) is 1.39. The van der Waals surface area contributed by atoms with Gasteiger partial charge in [-0.15, -0.1) is 0 Å². The van der Waals surface area contributed by atoms with Crippen molar-refractivity contribution in [3.05, 3.63) is 54.1 Å². The second kappa shape index (κ2) is 10.6. The Labute approximate surface area is 188 Å². The van der Waals surface area contributed by atoms with Gasteiger partial charge in [0.25, 0.3) is 5.91 Å². The van der Waals surface area contributed by atoms with Crippen LogP contribution in [-0.2, 0) is 14.8 Å². The van der Waals surface area contributed by atoms with E-state index in [2.05, 4.69) is 10.6 Å². The van der Waals surface area contributed by atoms with Crippen LogP contribution in [-0.4, -0.2) is 75.8 Å². The number of rotatable bonds is 8. The van der Waals surface area contributed by atoms with Gasteiger partial charge in [0.15, 0.2) is 0 Å². The van der Waals surface area contributed by atoms with Crippen LogP contribution in [0.15, 0.2) is 53.4 Å². The molecule has 2 amide bonds. The van der Waals surface area contributed by atoms with E-state index in [1.54, 1.807) is 55.6 Å². The van der Waals surface area contributed by atoms with E-state index >= 15 is 0 Å². The zero-order chi connectivity index (χ0) is 23.1. The lowest BCUT2D eigenvalue weighted by molar-refractivity contribution is -0.117. The molecule has 0 unspecified atom stereocenters. The number of sulfonamides is 1. The Morgan fingerprint density at radius 1 is 0.969 bits per heavy atom. The van der Waals surface area contributed by atoms with Crippen LogP contribution in [0.1, 0.15) is 17.3 Å². The van der Waals surface area contributed by atoms with Crippen LogP contribution in [0.2, 0.25) is 0 Å². The van der Waals surface area contributed by atoms with Crippen molar-refractivity contribution in [3.8, 4) is 5.75 Å². The van der Waals surface area contributed by atoms with Crippen molar-refractivity contribution in [2.24, 2.45) is 0 Å². The van der Waals surface area contributed by atoms with E-state index in [1.807, 2.05) is 11.8 Å². The first-order chi connectivity index (χ1) is 15.3. The van der Waals surface area contributed by atoms with Gasteiger partial charge in [-0.2, -0.15) is 4.31 Å². The molecule has 2 aromatic rings. The predicted molar refractivity (Wildman–Crippen MR) is 121 cm³/mol. The fraction of sp³-hybridized carbons (Fsp3) is 0.364. The lowest BCUT2D eigenvalue weighted by Gasteiger charge is -2.33. The normalized spacial score (nSPS) is 15.2. The molecular formula is C22H28N4O5S. The molecule has 0 radical (unpaired) electrons. The maximum absolute atomic E-state index is 12.9. The second-order valence-electron chi connectivity index (χ2n) is 7.29. The summed E-state index contributed by atoms with van der Waals surface area (Å²) in [5.74, 6) is 0.243. The third kappa shape index (κ3) is 5.84. The van der Waals surface area contributed by atoms with Crippen LogP contribution in [0, 0.1) is 0 Å². The Bertz CT molecular complexity index is 1030. The number of carbonyl (C=O) groups excluding carboxylic acids is 2. The molecule has 0 bridgehead atoms. The molecule has 0 saturated carbocycles. The molecule has 0 aliphatic carbocycles. The summed E-state index contributed by atoms with van der Waals surface area (Å²) >= 11 is 0. The number of nitrogens with zero attached hydrogens (tertiary/aromatic N) is 2. The number of benzene rings is 2. The molecule has 0 spiro atoms. The Kier molecular flexibility index (Phi) is 7.84. The summed E-state index contributed by atoms with van der Waals surface area (Å²) in [7, 11) is -2.03. The van der Waals surface area contributed by atoms with Gasteiger partial charge in [0, 0.05) is 44.5 Å². The number of ether oxygens (including phenoxy) is 1. The average molecular weight is 461 g/mol. The van der Waals surface area contributed by atoms with E-state index in [0.717, 1.165) is 0 Å². The largest absolute Gasteiger partial charge is 0.494 e. The fourth-order valence-electron chi connectivity index (χ4n) is 3.40. The van der Waals surface area contributed by atoms with Crippen LogP contribution in [0.4, 0.5) is 5.69 Å². The first-order valence-corrected chi connectivity index (χ1v) is 11.8. The van der Waals surface area contributed by atoms with Gasteiger partial charge >= 0.3 is 0 Å². The minimum atomic E-state index is -3.59. The smallest absolute Gasteiger partial charge is 0.251 e. The number of carbonyl (C=O) groups is 2. The van der Waals surface area contributed by atoms with Crippen LogP contribution in [0.25, 0.3) is 0 Å². The zero-order valence-electron chi connectivity index (χ0n) is 18.2. The number of hydrogen-bond acceptors (Lipinski definition) is 6. The summed E-state index contributed by atoms with van der Waals surface area (Å²) in [6.07, 6.45) is 0. The van der Waals surface area contributed by atoms with Crippen LogP contribution in [0.3, 0.4) is 0 Å². The summed E-state index contributed by atoms with van der Waals surface area (Å²) in [6, 6.07) is 13.0. The number of nitrogens with one attached hydrogen (secondary N) is 2. The monoisotopic (exact) mass is 460 g/mol. The van der Waals surface area contributed by atoms with Crippen molar-refractivity contribution in [3.63, 3.8) is 0 Å². The molecular weight excluding hydrogens is 432 g/mol. The number of hydrogen-bond donors (Lipinski definition) is 2. The van der Waals surface area contributed by atoms with Crippen molar-refractivity contribution >= 4 is 27.5 Å². The van der Waals surface area contributed by atoms with Crippen molar-refractivity contribution in [1.29, 1.82) is 0 Å². The van der Waals surface area contributed by atoms with Crippen molar-refractivity contribution < 1.29 is 22.7 Å². The van der Waals surface area contributed by atoms with Crippen LogP contribution in [0.5, 0.6) is 5.75 Å². The summed E-state index contributed by atoms with van der Waals surface area (Å²) in [4.78, 5) is 26.1. The number of piperazine rings is 1. The minimum absolute atomic E-state index is 0.161. The van der Waals surface area contributed by atoms with Crippen LogP contribution >= 0.6 is 0 Å². The lowest BCUT2D eigenvalue weighted by Crippen LogP contribution is -2.50. The highest BCUT2D eigenvalue weighted by Crippen LogP contribution is 2.21. The zero-order valence-corrected chi connectivity index (χ0v) is 19.0. The van der Waals surface area contributed by atoms with Gasteiger partial charge in [-0.3, -0.25) is 14.5 Å². The molecule has 1 fully saturated rings. The Hall–Kier alpha value is -2.95. The molecule has 32 heavy (non-hydrogen) atoms. The molecule has 3 rings (SSSR count). The highest BCUT2D eigenvalue weighted by molar-refractivity contribution is 7.89. The molecule has 1 aliphatic heterocycles. The van der Waals surface area contributed by atoms with E-state index in [1.165, 1.54) is 4.31 Å². The Morgan fingerprint density at radius 2 is 1.59 bits per heavy atom. The van der Waals surface area contributed by atoms with Gasteiger partial charge in [0.1, 0.15) is 5.75 Å². The van der Waals surface area contributed by atoms with Gasteiger partial charge in [-0.1, -0.05) is 0 Å². The Balaban J connectivity index is 1.50. The maximum atomic E-state index is 12.9. The molecule has 1 aliphatic rings. The van der Waals surface area contributed by atoms with E-state index in [9.17, 15) is 18.0 Å². The summed E-state index contributed by atoms with van der Waals surface area (Å²) in [5, 5.41) is 5.34. The number of amides is 2. The molecule has 10 heteroatoms. The van der Waals surface area contributed by atoms with Gasteiger partial charge in [0.2, 0.25) is 15.9 Å². The first-order valence-electron chi connectivity index (χ1n) is 10.4. The van der Waals surface area contributed by atoms with E-state index in [-0.39, 0.29) is 23.3 Å². The van der Waals surface area contributed by atoms with Gasteiger partial charge < -0.3 is 15.4 Å². The second-order valence-corrected chi connectivity index (χ2v) is 9.23. The van der Waals surface area contributed by atoms with Crippen molar-refractivity contribution in [1.82, 2.24) is 14.5 Å². The molecule has 9 nitrogen and oxygen atoms in total. The standard InChI is InChI=1S/C22H28N4O5S/c1-3-31-19-8-10-20(11-9-19)32(29,30)26-14-12-25(13-15-26)16-21(27)24-18-6-4-17(5-7-18)22(28)23-2/h4-11H,3,12-16H2,1-2H3,(H,23,28)(H,24,27). The quantitative estimate of drug-likeness (QED) is 0.616. The van der Waals surface area contributed by atoms with Crippen molar-refractivity contribution in [2.75, 3.05) is 51.7 Å². The highest BCUT2D eigenvalue weighted by atomic mass is 32.2. The summed E-state index contributed by atoms with van der Waals surface area (Å²) < 4.78 is 32.6. The van der Waals surface area contributed by atoms with Crippen molar-refractivity contribution in [2.45, 2.75) is 11.8 Å².